The Morgan fingerprint density at radius 2 is 1.68 bits per heavy atom. The lowest BCUT2D eigenvalue weighted by Gasteiger charge is -2.38. The lowest BCUT2D eigenvalue weighted by atomic mass is 10.1. The third kappa shape index (κ3) is 3.01. The molecule has 25 heavy (non-hydrogen) atoms. The molecule has 1 aliphatic rings. The Balaban J connectivity index is 1.67. The molecule has 3 aromatic rings. The molecule has 4 rings (SSSR count). The zero-order chi connectivity index (χ0) is 17.2. The summed E-state index contributed by atoms with van der Waals surface area (Å²) in [6, 6.07) is 13.9. The Morgan fingerprint density at radius 1 is 0.960 bits per heavy atom. The standard InChI is InChI=1S/C19H19ClN4O/c20-19-15(13-25)18(14-5-1-2-6-16(14)22-19)24-11-9-23(10-12-24)17-7-3-4-8-21-17/h1-8,25H,9-13H2. The Labute approximate surface area is 151 Å². The Bertz CT molecular complexity index is 879. The molecule has 0 spiro atoms. The highest BCUT2D eigenvalue weighted by molar-refractivity contribution is 6.31. The fraction of sp³-hybridized carbons (Fsp3) is 0.263. The molecular formula is C19H19ClN4O. The molecular weight excluding hydrogens is 336 g/mol. The highest BCUT2D eigenvalue weighted by atomic mass is 35.5. The molecule has 0 aliphatic carbocycles. The van der Waals surface area contributed by atoms with Gasteiger partial charge in [0, 0.05) is 43.3 Å². The van der Waals surface area contributed by atoms with Crippen LogP contribution in [0.5, 0.6) is 0 Å². The van der Waals surface area contributed by atoms with Crippen LogP contribution in [0.1, 0.15) is 5.56 Å². The van der Waals surface area contributed by atoms with Gasteiger partial charge in [-0.15, -0.1) is 0 Å². The highest BCUT2D eigenvalue weighted by Crippen LogP contribution is 2.35. The first-order chi connectivity index (χ1) is 12.3. The van der Waals surface area contributed by atoms with Gasteiger partial charge in [-0.25, -0.2) is 9.97 Å². The Hall–Kier alpha value is -2.37. The van der Waals surface area contributed by atoms with E-state index in [0.717, 1.165) is 48.6 Å². The van der Waals surface area contributed by atoms with Gasteiger partial charge in [-0.1, -0.05) is 35.9 Å². The van der Waals surface area contributed by atoms with Gasteiger partial charge in [-0.3, -0.25) is 0 Å². The van der Waals surface area contributed by atoms with Crippen LogP contribution in [-0.2, 0) is 6.61 Å². The minimum atomic E-state index is -0.119. The molecule has 5 nitrogen and oxygen atoms in total. The van der Waals surface area contributed by atoms with E-state index in [4.69, 9.17) is 11.6 Å². The fourth-order valence-corrected chi connectivity index (χ4v) is 3.65. The summed E-state index contributed by atoms with van der Waals surface area (Å²) >= 11 is 6.33. The van der Waals surface area contributed by atoms with Crippen LogP contribution in [-0.4, -0.2) is 41.3 Å². The first kappa shape index (κ1) is 16.1. The van der Waals surface area contributed by atoms with E-state index in [1.54, 1.807) is 0 Å². The molecule has 1 fully saturated rings. The molecule has 1 N–H and O–H groups in total. The Morgan fingerprint density at radius 3 is 2.40 bits per heavy atom. The number of nitrogens with zero attached hydrogens (tertiary/aromatic N) is 4. The molecule has 0 unspecified atom stereocenters. The largest absolute Gasteiger partial charge is 0.391 e. The SMILES string of the molecule is OCc1c(Cl)nc2ccccc2c1N1CCN(c2ccccn2)CC1. The Kier molecular flexibility index (Phi) is 4.42. The van der Waals surface area contributed by atoms with E-state index in [1.165, 1.54) is 0 Å². The second-order valence-corrected chi connectivity index (χ2v) is 6.43. The normalized spacial score (nSPS) is 15.0. The van der Waals surface area contributed by atoms with E-state index in [9.17, 15) is 5.11 Å². The van der Waals surface area contributed by atoms with Crippen molar-refractivity contribution in [2.75, 3.05) is 36.0 Å². The molecule has 128 valence electrons. The molecule has 0 atom stereocenters. The van der Waals surface area contributed by atoms with Crippen molar-refractivity contribution in [3.05, 3.63) is 59.4 Å². The summed E-state index contributed by atoms with van der Waals surface area (Å²) in [5.74, 6) is 1.00. The van der Waals surface area contributed by atoms with E-state index in [0.29, 0.717) is 10.7 Å². The average molecular weight is 355 g/mol. The van der Waals surface area contributed by atoms with Crippen molar-refractivity contribution in [1.29, 1.82) is 0 Å². The maximum atomic E-state index is 9.85. The van der Waals surface area contributed by atoms with Crippen molar-refractivity contribution >= 4 is 34.0 Å². The highest BCUT2D eigenvalue weighted by Gasteiger charge is 2.23. The number of fused-ring (bicyclic) bond motifs is 1. The second kappa shape index (κ2) is 6.86. The minimum Gasteiger partial charge on any atom is -0.391 e. The number of pyridine rings is 2. The predicted octanol–water partition coefficient (Wildman–Crippen LogP) is 3.10. The molecule has 1 aliphatic heterocycles. The van der Waals surface area contributed by atoms with E-state index in [1.807, 2.05) is 48.7 Å². The van der Waals surface area contributed by atoms with E-state index in [2.05, 4.69) is 19.8 Å². The molecule has 6 heteroatoms. The number of piperazine rings is 1. The topological polar surface area (TPSA) is 52.5 Å². The van der Waals surface area contributed by atoms with Crippen molar-refractivity contribution < 1.29 is 5.11 Å². The summed E-state index contributed by atoms with van der Waals surface area (Å²) in [5.41, 5.74) is 2.55. The van der Waals surface area contributed by atoms with Crippen molar-refractivity contribution in [3.63, 3.8) is 0 Å². The number of aliphatic hydroxyl groups excluding tert-OH is 1. The summed E-state index contributed by atoms with van der Waals surface area (Å²) in [7, 11) is 0. The monoisotopic (exact) mass is 354 g/mol. The minimum absolute atomic E-state index is 0.119. The zero-order valence-corrected chi connectivity index (χ0v) is 14.5. The third-order valence-corrected chi connectivity index (χ3v) is 4.95. The van der Waals surface area contributed by atoms with Gasteiger partial charge in [0.1, 0.15) is 11.0 Å². The molecule has 2 aromatic heterocycles. The van der Waals surface area contributed by atoms with Gasteiger partial charge in [0.05, 0.1) is 17.8 Å². The van der Waals surface area contributed by atoms with Gasteiger partial charge >= 0.3 is 0 Å². The van der Waals surface area contributed by atoms with Crippen molar-refractivity contribution in [3.8, 4) is 0 Å². The lowest BCUT2D eigenvalue weighted by molar-refractivity contribution is 0.282. The second-order valence-electron chi connectivity index (χ2n) is 6.07. The van der Waals surface area contributed by atoms with Crippen molar-refractivity contribution in [2.24, 2.45) is 0 Å². The van der Waals surface area contributed by atoms with Crippen LogP contribution in [0, 0.1) is 0 Å². The van der Waals surface area contributed by atoms with Crippen LogP contribution in [0.3, 0.4) is 0 Å². The number of hydrogen-bond acceptors (Lipinski definition) is 5. The third-order valence-electron chi connectivity index (χ3n) is 4.64. The number of anilines is 2. The van der Waals surface area contributed by atoms with Gasteiger partial charge in [0.25, 0.3) is 0 Å². The molecule has 0 amide bonds. The lowest BCUT2D eigenvalue weighted by Crippen LogP contribution is -2.47. The van der Waals surface area contributed by atoms with E-state index < -0.39 is 0 Å². The maximum Gasteiger partial charge on any atom is 0.137 e. The van der Waals surface area contributed by atoms with Crippen molar-refractivity contribution in [2.45, 2.75) is 6.61 Å². The van der Waals surface area contributed by atoms with Gasteiger partial charge in [-0.2, -0.15) is 0 Å². The zero-order valence-electron chi connectivity index (χ0n) is 13.8. The number of benzene rings is 1. The first-order valence-electron chi connectivity index (χ1n) is 8.37. The van der Waals surface area contributed by atoms with E-state index in [-0.39, 0.29) is 6.61 Å². The summed E-state index contributed by atoms with van der Waals surface area (Å²) in [5, 5.41) is 11.3. The van der Waals surface area contributed by atoms with Gasteiger partial charge in [0.15, 0.2) is 0 Å². The summed E-state index contributed by atoms with van der Waals surface area (Å²) in [6.07, 6.45) is 1.82. The number of rotatable bonds is 3. The number of hydrogen-bond donors (Lipinski definition) is 1. The molecule has 3 heterocycles. The number of aromatic nitrogens is 2. The molecule has 1 aromatic carbocycles. The van der Waals surface area contributed by atoms with Crippen LogP contribution in [0.25, 0.3) is 10.9 Å². The van der Waals surface area contributed by atoms with Crippen molar-refractivity contribution in [1.82, 2.24) is 9.97 Å². The van der Waals surface area contributed by atoms with E-state index >= 15 is 0 Å². The van der Waals surface area contributed by atoms with Crippen LogP contribution in [0.2, 0.25) is 5.15 Å². The fourth-order valence-electron chi connectivity index (χ4n) is 3.41. The number of para-hydroxylation sites is 1. The summed E-state index contributed by atoms with van der Waals surface area (Å²) in [6.45, 7) is 3.31. The van der Waals surface area contributed by atoms with Gasteiger partial charge in [-0.05, 0) is 18.2 Å². The number of aliphatic hydroxyl groups is 1. The average Bonchev–Trinajstić information content (AvgIpc) is 2.68. The molecule has 0 radical (unpaired) electrons. The quantitative estimate of drug-likeness (QED) is 0.732. The smallest absolute Gasteiger partial charge is 0.137 e. The van der Waals surface area contributed by atoms with Crippen LogP contribution < -0.4 is 9.80 Å². The molecule has 1 saturated heterocycles. The maximum absolute atomic E-state index is 9.85. The van der Waals surface area contributed by atoms with Crippen LogP contribution in [0.15, 0.2) is 48.7 Å². The number of halogens is 1. The van der Waals surface area contributed by atoms with Gasteiger partial charge in [0.2, 0.25) is 0 Å². The van der Waals surface area contributed by atoms with Gasteiger partial charge < -0.3 is 14.9 Å². The summed E-state index contributed by atoms with van der Waals surface area (Å²) in [4.78, 5) is 13.4. The summed E-state index contributed by atoms with van der Waals surface area (Å²) < 4.78 is 0. The van der Waals surface area contributed by atoms with Crippen LogP contribution >= 0.6 is 11.6 Å². The first-order valence-corrected chi connectivity index (χ1v) is 8.74. The molecule has 0 bridgehead atoms. The molecule has 0 saturated carbocycles. The van der Waals surface area contributed by atoms with Crippen LogP contribution in [0.4, 0.5) is 11.5 Å². The predicted molar refractivity (Wildman–Crippen MR) is 101 cm³/mol.